The zero-order valence-corrected chi connectivity index (χ0v) is 15.9. The number of hydrogen-bond donors (Lipinski definition) is 1. The third-order valence-corrected chi connectivity index (χ3v) is 5.10. The maximum absolute atomic E-state index is 5.96. The Morgan fingerprint density at radius 2 is 1.92 bits per heavy atom. The molecule has 1 saturated heterocycles. The van der Waals surface area contributed by atoms with E-state index in [2.05, 4.69) is 31.1 Å². The minimum Gasteiger partial charge on any atom is -0.464 e. The summed E-state index contributed by atoms with van der Waals surface area (Å²) in [5.74, 6) is 1.74. The molecule has 0 unspecified atom stereocenters. The monoisotopic (exact) mass is 413 g/mol. The van der Waals surface area contributed by atoms with Crippen LogP contribution in [0.2, 0.25) is 0 Å². The third-order valence-electron chi connectivity index (χ3n) is 4.26. The van der Waals surface area contributed by atoms with E-state index in [9.17, 15) is 0 Å². The quantitative estimate of drug-likeness (QED) is 0.616. The predicted octanol–water partition coefficient (Wildman–Crippen LogP) is 4.92. The smallest absolute Gasteiger partial charge is 0.174 e. The molecule has 0 spiro atoms. The van der Waals surface area contributed by atoms with Crippen molar-refractivity contribution in [3.8, 4) is 0 Å². The highest BCUT2D eigenvalue weighted by Gasteiger charge is 2.42. The largest absolute Gasteiger partial charge is 0.464 e. The minimum atomic E-state index is -0.0997. The number of furan rings is 1. The molecule has 0 amide bonds. The molecule has 2 aromatic heterocycles. The Kier molecular flexibility index (Phi) is 4.31. The van der Waals surface area contributed by atoms with E-state index < -0.39 is 0 Å². The van der Waals surface area contributed by atoms with Gasteiger partial charge in [0.05, 0.1) is 11.7 Å². The molecule has 4 rings (SSSR count). The van der Waals surface area contributed by atoms with Crippen LogP contribution in [0.3, 0.4) is 0 Å². The molecule has 2 atom stereocenters. The van der Waals surface area contributed by atoms with Crippen molar-refractivity contribution in [2.24, 2.45) is 0 Å². The normalized spacial score (nSPS) is 19.9. The SMILES string of the molecule is Cc1ccc([C@@H]2[C@H](c3ccccn3)NC(=S)N2c2ccc(Br)cc2)o1. The molecule has 0 bridgehead atoms. The zero-order valence-electron chi connectivity index (χ0n) is 13.5. The van der Waals surface area contributed by atoms with Gasteiger partial charge in [-0.3, -0.25) is 4.98 Å². The Balaban J connectivity index is 1.81. The fraction of sp³-hybridized carbons (Fsp3) is 0.158. The number of pyridine rings is 1. The molecule has 25 heavy (non-hydrogen) atoms. The molecular weight excluding hydrogens is 398 g/mol. The van der Waals surface area contributed by atoms with Crippen LogP contribution in [0.5, 0.6) is 0 Å². The topological polar surface area (TPSA) is 41.3 Å². The number of hydrogen-bond acceptors (Lipinski definition) is 3. The fourth-order valence-corrected chi connectivity index (χ4v) is 3.75. The summed E-state index contributed by atoms with van der Waals surface area (Å²) in [7, 11) is 0. The lowest BCUT2D eigenvalue weighted by Gasteiger charge is -2.26. The lowest BCUT2D eigenvalue weighted by molar-refractivity contribution is 0.418. The summed E-state index contributed by atoms with van der Waals surface area (Å²) >= 11 is 9.14. The Morgan fingerprint density at radius 1 is 1.12 bits per heavy atom. The zero-order chi connectivity index (χ0) is 17.4. The Bertz CT molecular complexity index is 895. The van der Waals surface area contributed by atoms with Gasteiger partial charge in [-0.1, -0.05) is 22.0 Å². The van der Waals surface area contributed by atoms with Gasteiger partial charge in [-0.05, 0) is 67.7 Å². The number of thiocarbonyl (C=S) groups is 1. The molecule has 1 aliphatic heterocycles. The van der Waals surface area contributed by atoms with E-state index in [1.54, 1.807) is 6.20 Å². The Morgan fingerprint density at radius 3 is 2.56 bits per heavy atom. The van der Waals surface area contributed by atoms with Crippen molar-refractivity contribution in [1.29, 1.82) is 0 Å². The molecule has 1 aromatic carbocycles. The molecular formula is C19H16BrN3OS. The van der Waals surface area contributed by atoms with Gasteiger partial charge in [0.1, 0.15) is 17.6 Å². The highest BCUT2D eigenvalue weighted by molar-refractivity contribution is 9.10. The second-order valence-corrected chi connectivity index (χ2v) is 7.22. The highest BCUT2D eigenvalue weighted by Crippen LogP contribution is 2.42. The van der Waals surface area contributed by atoms with Crippen LogP contribution in [0.15, 0.2) is 69.7 Å². The molecule has 0 radical (unpaired) electrons. The van der Waals surface area contributed by atoms with Crippen LogP contribution < -0.4 is 10.2 Å². The first kappa shape index (κ1) is 16.3. The number of aryl methyl sites for hydroxylation is 1. The summed E-state index contributed by atoms with van der Waals surface area (Å²) < 4.78 is 6.99. The second kappa shape index (κ2) is 6.61. The van der Waals surface area contributed by atoms with E-state index in [1.807, 2.05) is 61.5 Å². The van der Waals surface area contributed by atoms with E-state index >= 15 is 0 Å². The molecule has 0 aliphatic carbocycles. The van der Waals surface area contributed by atoms with Gasteiger partial charge in [0.25, 0.3) is 0 Å². The summed E-state index contributed by atoms with van der Waals surface area (Å²) in [5.41, 5.74) is 1.95. The van der Waals surface area contributed by atoms with Gasteiger partial charge >= 0.3 is 0 Å². The van der Waals surface area contributed by atoms with E-state index in [-0.39, 0.29) is 12.1 Å². The van der Waals surface area contributed by atoms with Crippen LogP contribution in [-0.4, -0.2) is 10.1 Å². The summed E-state index contributed by atoms with van der Waals surface area (Å²) in [6.45, 7) is 1.95. The number of benzene rings is 1. The van der Waals surface area contributed by atoms with E-state index in [0.717, 1.165) is 27.4 Å². The molecule has 126 valence electrons. The fourth-order valence-electron chi connectivity index (χ4n) is 3.14. The maximum Gasteiger partial charge on any atom is 0.174 e. The Labute approximate surface area is 160 Å². The van der Waals surface area contributed by atoms with Crippen LogP contribution in [-0.2, 0) is 0 Å². The number of aromatic nitrogens is 1. The van der Waals surface area contributed by atoms with Crippen molar-refractivity contribution in [2.75, 3.05) is 4.90 Å². The molecule has 1 N–H and O–H groups in total. The van der Waals surface area contributed by atoms with Gasteiger partial charge in [0.15, 0.2) is 5.11 Å². The van der Waals surface area contributed by atoms with Crippen molar-refractivity contribution in [1.82, 2.24) is 10.3 Å². The third kappa shape index (κ3) is 3.07. The highest BCUT2D eigenvalue weighted by atomic mass is 79.9. The van der Waals surface area contributed by atoms with Gasteiger partial charge in [0, 0.05) is 16.4 Å². The van der Waals surface area contributed by atoms with Crippen molar-refractivity contribution < 1.29 is 4.42 Å². The minimum absolute atomic E-state index is 0.0807. The molecule has 1 aliphatic rings. The molecule has 0 saturated carbocycles. The van der Waals surface area contributed by atoms with Crippen LogP contribution in [0.25, 0.3) is 0 Å². The second-order valence-electron chi connectivity index (χ2n) is 5.92. The standard InChI is InChI=1S/C19H16BrN3OS/c1-12-5-10-16(24-12)18-17(15-4-2-3-11-21-15)22-19(25)23(18)14-8-6-13(20)7-9-14/h2-11,17-18H,1H3,(H,22,25)/t17-,18+/m0/s1. The van der Waals surface area contributed by atoms with Gasteiger partial charge in [-0.2, -0.15) is 0 Å². The molecule has 1 fully saturated rings. The van der Waals surface area contributed by atoms with E-state index in [1.165, 1.54) is 0 Å². The first-order valence-electron chi connectivity index (χ1n) is 7.96. The number of nitrogens with one attached hydrogen (secondary N) is 1. The first-order valence-corrected chi connectivity index (χ1v) is 9.16. The number of nitrogens with zero attached hydrogens (tertiary/aromatic N) is 2. The van der Waals surface area contributed by atoms with Gasteiger partial charge in [-0.15, -0.1) is 0 Å². The first-order chi connectivity index (χ1) is 12.1. The average molecular weight is 414 g/mol. The van der Waals surface area contributed by atoms with Crippen LogP contribution in [0, 0.1) is 6.92 Å². The maximum atomic E-state index is 5.96. The van der Waals surface area contributed by atoms with Crippen molar-refractivity contribution in [3.63, 3.8) is 0 Å². The van der Waals surface area contributed by atoms with Crippen LogP contribution in [0.4, 0.5) is 5.69 Å². The summed E-state index contributed by atoms with van der Waals surface area (Å²) in [4.78, 5) is 6.62. The van der Waals surface area contributed by atoms with Crippen molar-refractivity contribution in [3.05, 3.63) is 82.5 Å². The van der Waals surface area contributed by atoms with Crippen molar-refractivity contribution >= 4 is 38.9 Å². The van der Waals surface area contributed by atoms with E-state index in [4.69, 9.17) is 16.6 Å². The average Bonchev–Trinajstić information content (AvgIpc) is 3.20. The van der Waals surface area contributed by atoms with Crippen LogP contribution in [0.1, 0.15) is 29.3 Å². The van der Waals surface area contributed by atoms with E-state index in [0.29, 0.717) is 5.11 Å². The molecule has 6 heteroatoms. The summed E-state index contributed by atoms with van der Waals surface area (Å²) in [6, 6.07) is 17.8. The number of halogens is 1. The van der Waals surface area contributed by atoms with Crippen molar-refractivity contribution in [2.45, 2.75) is 19.0 Å². The Hall–Kier alpha value is -2.18. The summed E-state index contributed by atoms with van der Waals surface area (Å²) in [5, 5.41) is 4.08. The lowest BCUT2D eigenvalue weighted by atomic mass is 10.0. The summed E-state index contributed by atoms with van der Waals surface area (Å²) in [6.07, 6.45) is 1.80. The number of anilines is 1. The molecule has 3 heterocycles. The van der Waals surface area contributed by atoms with Gasteiger partial charge < -0.3 is 14.6 Å². The molecule has 4 nitrogen and oxygen atoms in total. The molecule has 3 aromatic rings. The van der Waals surface area contributed by atoms with Gasteiger partial charge in [0.2, 0.25) is 0 Å². The predicted molar refractivity (Wildman–Crippen MR) is 106 cm³/mol. The lowest BCUT2D eigenvalue weighted by Crippen LogP contribution is -2.29. The number of rotatable bonds is 3. The van der Waals surface area contributed by atoms with Crippen LogP contribution >= 0.6 is 28.1 Å². The van der Waals surface area contributed by atoms with Gasteiger partial charge in [-0.25, -0.2) is 0 Å².